The van der Waals surface area contributed by atoms with Gasteiger partial charge in [0.15, 0.2) is 0 Å². The van der Waals surface area contributed by atoms with Gasteiger partial charge in [0.1, 0.15) is 5.82 Å². The van der Waals surface area contributed by atoms with Gasteiger partial charge in [-0.3, -0.25) is 4.57 Å². The molecule has 5 aromatic heterocycles. The second kappa shape index (κ2) is 12.5. The number of halogens is 6. The Hall–Kier alpha value is -7.53. The van der Waals surface area contributed by atoms with E-state index in [0.29, 0.717) is 17.0 Å². The molecule has 0 unspecified atom stereocenters. The molecule has 302 valence electrons. The lowest BCUT2D eigenvalue weighted by Crippen LogP contribution is -2.11. The Morgan fingerprint density at radius 1 is 0.403 bits per heavy atom. The van der Waals surface area contributed by atoms with Gasteiger partial charge >= 0.3 is 12.4 Å². The van der Waals surface area contributed by atoms with Gasteiger partial charge in [-0.25, -0.2) is 4.98 Å². The highest BCUT2D eigenvalue weighted by Crippen LogP contribution is 2.46. The molecule has 0 radical (unpaired) electrons. The number of nitrogens with zero attached hydrogens (tertiary/aromatic N) is 5. The summed E-state index contributed by atoms with van der Waals surface area (Å²) in [5, 5.41) is 7.58. The van der Waals surface area contributed by atoms with Gasteiger partial charge in [-0.15, -0.1) is 0 Å². The molecule has 12 aromatic rings. The Labute approximate surface area is 347 Å². The summed E-state index contributed by atoms with van der Waals surface area (Å²) < 4.78 is 96.3. The van der Waals surface area contributed by atoms with Crippen molar-refractivity contribution >= 4 is 87.2 Å². The van der Waals surface area contributed by atoms with Crippen molar-refractivity contribution in [2.24, 2.45) is 14.1 Å². The van der Waals surface area contributed by atoms with Crippen LogP contribution in [0.5, 0.6) is 0 Å². The highest BCUT2D eigenvalue weighted by atomic mass is 19.4. The predicted molar refractivity (Wildman–Crippen MR) is 236 cm³/mol. The highest BCUT2D eigenvalue weighted by Gasteiger charge is 2.37. The molecule has 5 nitrogen and oxygen atoms in total. The number of hydrogen-bond acceptors (Lipinski definition) is 1. The molecule has 12 rings (SSSR count). The van der Waals surface area contributed by atoms with Crippen LogP contribution in [-0.4, -0.2) is 23.3 Å². The molecule has 0 saturated heterocycles. The van der Waals surface area contributed by atoms with Gasteiger partial charge in [0.25, 0.3) is 0 Å². The average molecular weight is 828 g/mol. The number of pyridine rings is 1. The fourth-order valence-electron chi connectivity index (χ4n) is 9.99. The third-order valence-electron chi connectivity index (χ3n) is 12.6. The largest absolute Gasteiger partial charge is 0.416 e. The number of para-hydroxylation sites is 4. The van der Waals surface area contributed by atoms with Crippen LogP contribution in [-0.2, 0) is 26.4 Å². The third-order valence-corrected chi connectivity index (χ3v) is 12.6. The van der Waals surface area contributed by atoms with Gasteiger partial charge in [0, 0.05) is 73.8 Å². The van der Waals surface area contributed by atoms with Crippen LogP contribution in [0.15, 0.2) is 152 Å². The van der Waals surface area contributed by atoms with Crippen molar-refractivity contribution in [1.29, 1.82) is 0 Å². The predicted octanol–water partition coefficient (Wildman–Crippen LogP) is 14.3. The summed E-state index contributed by atoms with van der Waals surface area (Å²) in [6, 6.07) is 43.2. The molecule has 0 aliphatic heterocycles. The summed E-state index contributed by atoms with van der Waals surface area (Å²) in [6.07, 6.45) is -8.55. The highest BCUT2D eigenvalue weighted by molar-refractivity contribution is 6.24. The van der Waals surface area contributed by atoms with Crippen LogP contribution in [0, 0.1) is 0 Å². The van der Waals surface area contributed by atoms with Gasteiger partial charge in [-0.2, -0.15) is 26.3 Å². The Morgan fingerprint density at radius 2 is 0.790 bits per heavy atom. The summed E-state index contributed by atoms with van der Waals surface area (Å²) >= 11 is 0. The Kier molecular flexibility index (Phi) is 7.33. The number of alkyl halides is 6. The Bertz CT molecular complexity index is 3840. The molecular formula is C51H31F6N5. The van der Waals surface area contributed by atoms with E-state index in [2.05, 4.69) is 33.4 Å². The first kappa shape index (κ1) is 36.3. The smallest absolute Gasteiger partial charge is 0.342 e. The van der Waals surface area contributed by atoms with Crippen molar-refractivity contribution in [2.75, 3.05) is 0 Å². The molecule has 0 saturated carbocycles. The molecule has 11 heteroatoms. The molecule has 0 amide bonds. The number of fused-ring (bicyclic) bond motifs is 14. The van der Waals surface area contributed by atoms with E-state index in [1.54, 1.807) is 12.3 Å². The zero-order chi connectivity index (χ0) is 42.4. The number of aryl methyl sites for hydroxylation is 2. The second-order valence-electron chi connectivity index (χ2n) is 15.9. The van der Waals surface area contributed by atoms with E-state index in [4.69, 9.17) is 4.98 Å². The summed E-state index contributed by atoms with van der Waals surface area (Å²) in [5.74, 6) is 0.328. The van der Waals surface area contributed by atoms with Crippen LogP contribution in [0.3, 0.4) is 0 Å². The van der Waals surface area contributed by atoms with Crippen molar-refractivity contribution in [3.8, 4) is 22.6 Å². The lowest BCUT2D eigenvalue weighted by Gasteiger charge is -2.19. The molecule has 0 aliphatic rings. The van der Waals surface area contributed by atoms with Crippen molar-refractivity contribution in [1.82, 2.24) is 23.3 Å². The Balaban J connectivity index is 1.26. The zero-order valence-electron chi connectivity index (χ0n) is 32.9. The molecule has 0 spiro atoms. The molecule has 0 fully saturated rings. The van der Waals surface area contributed by atoms with E-state index in [1.807, 2.05) is 120 Å². The maximum Gasteiger partial charge on any atom is 0.416 e. The number of rotatable bonds is 3. The van der Waals surface area contributed by atoms with Crippen molar-refractivity contribution < 1.29 is 26.3 Å². The molecule has 0 N–H and O–H groups in total. The molecule has 5 heterocycles. The van der Waals surface area contributed by atoms with Crippen LogP contribution in [0.2, 0.25) is 0 Å². The molecule has 62 heavy (non-hydrogen) atoms. The number of aromatic nitrogens is 5. The fourth-order valence-corrected chi connectivity index (χ4v) is 9.99. The molecule has 7 aromatic carbocycles. The van der Waals surface area contributed by atoms with Crippen molar-refractivity contribution in [3.63, 3.8) is 0 Å². The SMILES string of the molecule is Cn1c2ccccc2c2ccc3c4ccccc4n(-c4cc(-c5cc(C(F)(F)F)cc(C(F)(F)F)c5)c(-n5c6ccccc6c6ccc7c8ccccc8n(C)c7c65)cn4)c3c21. The minimum atomic E-state index is -5.07. The fraction of sp³-hybridized carbons (Fsp3) is 0.0784. The quantitative estimate of drug-likeness (QED) is 0.163. The minimum absolute atomic E-state index is 0.139. The van der Waals surface area contributed by atoms with Gasteiger partial charge in [0.2, 0.25) is 0 Å². The first-order chi connectivity index (χ1) is 29.9. The molecule has 0 atom stereocenters. The normalized spacial score (nSPS) is 12.8. The monoisotopic (exact) mass is 827 g/mol. The van der Waals surface area contributed by atoms with Crippen LogP contribution in [0.4, 0.5) is 26.3 Å². The maximum absolute atomic E-state index is 14.7. The summed E-state index contributed by atoms with van der Waals surface area (Å²) in [6.45, 7) is 0. The average Bonchev–Trinajstić information content (AvgIpc) is 3.98. The summed E-state index contributed by atoms with van der Waals surface area (Å²) in [4.78, 5) is 5.14. The van der Waals surface area contributed by atoms with E-state index in [9.17, 15) is 26.3 Å². The lowest BCUT2D eigenvalue weighted by atomic mass is 9.98. The first-order valence-electron chi connectivity index (χ1n) is 20.0. The van der Waals surface area contributed by atoms with Gasteiger partial charge < -0.3 is 13.7 Å². The van der Waals surface area contributed by atoms with E-state index in [0.717, 1.165) is 93.8 Å². The summed E-state index contributed by atoms with van der Waals surface area (Å²) in [5.41, 5.74) is 4.19. The minimum Gasteiger partial charge on any atom is -0.342 e. The molecular weight excluding hydrogens is 797 g/mol. The molecule has 0 aliphatic carbocycles. The standard InChI is InChI=1S/C51H31F6N5/c1-59-40-15-7-3-11-31(40)35-19-21-37-33-13-5-9-17-42(33)61(48(37)46(35)59)44-27-58-45(26-39(44)28-23-29(50(52,53)54)25-30(24-28)51(55,56)57)62-43-18-10-6-14-34(43)38-22-20-36-32-12-4-8-16-41(32)60(2)47(36)49(38)62/h3-27H,1-2H3. The summed E-state index contributed by atoms with van der Waals surface area (Å²) in [7, 11) is 3.96. The van der Waals surface area contributed by atoms with E-state index in [-0.39, 0.29) is 17.2 Å². The van der Waals surface area contributed by atoms with Gasteiger partial charge in [-0.05, 0) is 54.1 Å². The van der Waals surface area contributed by atoms with Crippen molar-refractivity contribution in [2.45, 2.75) is 12.4 Å². The first-order valence-corrected chi connectivity index (χ1v) is 20.0. The number of hydrogen-bond donors (Lipinski definition) is 0. The second-order valence-corrected chi connectivity index (χ2v) is 15.9. The maximum atomic E-state index is 14.7. The van der Waals surface area contributed by atoms with E-state index < -0.39 is 23.5 Å². The Morgan fingerprint density at radius 3 is 1.26 bits per heavy atom. The topological polar surface area (TPSA) is 32.6 Å². The van der Waals surface area contributed by atoms with Crippen LogP contribution >= 0.6 is 0 Å². The zero-order valence-corrected chi connectivity index (χ0v) is 32.9. The van der Waals surface area contributed by atoms with Gasteiger partial charge in [0.05, 0.1) is 56.1 Å². The van der Waals surface area contributed by atoms with Crippen molar-refractivity contribution in [3.05, 3.63) is 163 Å². The van der Waals surface area contributed by atoms with Crippen LogP contribution in [0.1, 0.15) is 11.1 Å². The van der Waals surface area contributed by atoms with Crippen LogP contribution < -0.4 is 0 Å². The number of benzene rings is 7. The van der Waals surface area contributed by atoms with E-state index >= 15 is 0 Å². The third kappa shape index (κ3) is 4.96. The van der Waals surface area contributed by atoms with Gasteiger partial charge in [-0.1, -0.05) is 97.1 Å². The van der Waals surface area contributed by atoms with Crippen LogP contribution in [0.25, 0.3) is 110 Å². The molecule has 0 bridgehead atoms. The van der Waals surface area contributed by atoms with E-state index in [1.165, 1.54) is 0 Å². The lowest BCUT2D eigenvalue weighted by molar-refractivity contribution is -0.143.